The van der Waals surface area contributed by atoms with Crippen LogP contribution in [0, 0.1) is 10.1 Å². The van der Waals surface area contributed by atoms with Gasteiger partial charge in [0.1, 0.15) is 5.54 Å². The zero-order valence-corrected chi connectivity index (χ0v) is 9.88. The SMILES string of the molecule is CN(c1ccc([N+](=O)[O-])cc1)C(C)(C)C(=O)O. The second kappa shape index (κ2) is 4.40. The zero-order valence-electron chi connectivity index (χ0n) is 9.88. The number of non-ortho nitro benzene ring substituents is 1. The van der Waals surface area contributed by atoms with E-state index in [2.05, 4.69) is 0 Å². The molecule has 0 saturated carbocycles. The maximum atomic E-state index is 11.1. The molecule has 1 aromatic rings. The van der Waals surface area contributed by atoms with Gasteiger partial charge in [-0.2, -0.15) is 0 Å². The van der Waals surface area contributed by atoms with Gasteiger partial charge in [0.2, 0.25) is 0 Å². The summed E-state index contributed by atoms with van der Waals surface area (Å²) < 4.78 is 0. The number of carbonyl (C=O) groups is 1. The van der Waals surface area contributed by atoms with Gasteiger partial charge in [-0.25, -0.2) is 4.79 Å². The molecule has 6 heteroatoms. The van der Waals surface area contributed by atoms with E-state index in [9.17, 15) is 14.9 Å². The quantitative estimate of drug-likeness (QED) is 0.639. The summed E-state index contributed by atoms with van der Waals surface area (Å²) in [5, 5.41) is 19.6. The number of benzene rings is 1. The zero-order chi connectivity index (χ0) is 13.2. The number of carboxylic acids is 1. The number of likely N-dealkylation sites (N-methyl/N-ethyl adjacent to an activating group) is 1. The lowest BCUT2D eigenvalue weighted by Crippen LogP contribution is -2.48. The predicted octanol–water partition coefficient (Wildman–Crippen LogP) is 1.89. The molecule has 92 valence electrons. The van der Waals surface area contributed by atoms with Gasteiger partial charge in [0.15, 0.2) is 0 Å². The fraction of sp³-hybridized carbons (Fsp3) is 0.364. The minimum atomic E-state index is -1.07. The van der Waals surface area contributed by atoms with Crippen LogP contribution in [-0.2, 0) is 4.79 Å². The molecule has 0 aliphatic rings. The first-order valence-corrected chi connectivity index (χ1v) is 4.98. The highest BCUT2D eigenvalue weighted by molar-refractivity contribution is 5.82. The van der Waals surface area contributed by atoms with Crippen LogP contribution in [0.4, 0.5) is 11.4 Å². The lowest BCUT2D eigenvalue weighted by Gasteiger charge is -2.33. The largest absolute Gasteiger partial charge is 0.480 e. The van der Waals surface area contributed by atoms with Crippen molar-refractivity contribution in [2.75, 3.05) is 11.9 Å². The average Bonchev–Trinajstić information content (AvgIpc) is 2.27. The topological polar surface area (TPSA) is 83.7 Å². The molecule has 0 aliphatic heterocycles. The number of nitro benzene ring substituents is 1. The first-order chi connectivity index (χ1) is 7.76. The number of aliphatic carboxylic acids is 1. The lowest BCUT2D eigenvalue weighted by atomic mass is 10.0. The van der Waals surface area contributed by atoms with Crippen molar-refractivity contribution in [1.82, 2.24) is 0 Å². The third-order valence-corrected chi connectivity index (χ3v) is 2.81. The molecule has 0 bridgehead atoms. The maximum Gasteiger partial charge on any atom is 0.328 e. The average molecular weight is 238 g/mol. The summed E-state index contributed by atoms with van der Waals surface area (Å²) in [4.78, 5) is 22.6. The van der Waals surface area contributed by atoms with E-state index in [0.29, 0.717) is 5.69 Å². The van der Waals surface area contributed by atoms with Gasteiger partial charge in [0, 0.05) is 24.9 Å². The van der Waals surface area contributed by atoms with Gasteiger partial charge in [0.25, 0.3) is 5.69 Å². The Hall–Kier alpha value is -2.11. The molecule has 6 nitrogen and oxygen atoms in total. The number of nitrogens with zero attached hydrogens (tertiary/aromatic N) is 2. The Bertz CT molecular complexity index is 439. The lowest BCUT2D eigenvalue weighted by molar-refractivity contribution is -0.384. The molecule has 0 spiro atoms. The van der Waals surface area contributed by atoms with Crippen molar-refractivity contribution in [2.24, 2.45) is 0 Å². The molecule has 0 unspecified atom stereocenters. The van der Waals surface area contributed by atoms with Crippen LogP contribution in [0.5, 0.6) is 0 Å². The van der Waals surface area contributed by atoms with E-state index in [-0.39, 0.29) is 5.69 Å². The molecule has 0 atom stereocenters. The maximum absolute atomic E-state index is 11.1. The number of carboxylic acid groups (broad SMARTS) is 1. The highest BCUT2D eigenvalue weighted by atomic mass is 16.6. The van der Waals surface area contributed by atoms with Crippen LogP contribution in [0.2, 0.25) is 0 Å². The summed E-state index contributed by atoms with van der Waals surface area (Å²) in [6.45, 7) is 3.13. The van der Waals surface area contributed by atoms with E-state index >= 15 is 0 Å². The van der Waals surface area contributed by atoms with Crippen LogP contribution in [0.25, 0.3) is 0 Å². The Balaban J connectivity index is 3.02. The van der Waals surface area contributed by atoms with Crippen LogP contribution >= 0.6 is 0 Å². The number of nitro groups is 1. The summed E-state index contributed by atoms with van der Waals surface area (Å²) in [5.74, 6) is -0.960. The minimum Gasteiger partial charge on any atom is -0.480 e. The molecular weight excluding hydrogens is 224 g/mol. The first-order valence-electron chi connectivity index (χ1n) is 4.98. The van der Waals surface area contributed by atoms with Gasteiger partial charge >= 0.3 is 5.97 Å². The molecule has 0 fully saturated rings. The van der Waals surface area contributed by atoms with Crippen LogP contribution in [0.1, 0.15) is 13.8 Å². The third-order valence-electron chi connectivity index (χ3n) is 2.81. The standard InChI is InChI=1S/C11H14N2O4/c1-11(2,10(14)15)12(3)8-4-6-9(7-5-8)13(16)17/h4-7H,1-3H3,(H,14,15). The second-order valence-corrected chi connectivity index (χ2v) is 4.20. The van der Waals surface area contributed by atoms with Gasteiger partial charge in [-0.3, -0.25) is 10.1 Å². The van der Waals surface area contributed by atoms with E-state index in [1.807, 2.05) is 0 Å². The summed E-state index contributed by atoms with van der Waals surface area (Å²) in [6.07, 6.45) is 0. The van der Waals surface area contributed by atoms with Crippen molar-refractivity contribution in [2.45, 2.75) is 19.4 Å². The molecule has 1 rings (SSSR count). The van der Waals surface area contributed by atoms with Crippen LogP contribution < -0.4 is 4.90 Å². The van der Waals surface area contributed by atoms with Crippen molar-refractivity contribution < 1.29 is 14.8 Å². The minimum absolute atomic E-state index is 0.0183. The molecule has 0 saturated heterocycles. The Labute approximate surface area is 98.6 Å². The fourth-order valence-electron chi connectivity index (χ4n) is 1.26. The van der Waals surface area contributed by atoms with Crippen molar-refractivity contribution in [1.29, 1.82) is 0 Å². The van der Waals surface area contributed by atoms with Crippen molar-refractivity contribution in [3.8, 4) is 0 Å². The Morgan fingerprint density at radius 1 is 1.35 bits per heavy atom. The van der Waals surface area contributed by atoms with E-state index in [1.165, 1.54) is 24.3 Å². The molecule has 1 aromatic carbocycles. The third kappa shape index (κ3) is 2.52. The van der Waals surface area contributed by atoms with Crippen molar-refractivity contribution in [3.63, 3.8) is 0 Å². The second-order valence-electron chi connectivity index (χ2n) is 4.20. The summed E-state index contributed by atoms with van der Waals surface area (Å²) in [7, 11) is 1.63. The fourth-order valence-corrected chi connectivity index (χ4v) is 1.26. The molecule has 0 aliphatic carbocycles. The molecule has 0 aromatic heterocycles. The van der Waals surface area contributed by atoms with Crippen LogP contribution in [0.15, 0.2) is 24.3 Å². The van der Waals surface area contributed by atoms with E-state index < -0.39 is 16.4 Å². The van der Waals surface area contributed by atoms with Crippen molar-refractivity contribution in [3.05, 3.63) is 34.4 Å². The summed E-state index contributed by atoms with van der Waals surface area (Å²) in [6, 6.07) is 5.76. The predicted molar refractivity (Wildman–Crippen MR) is 63.2 cm³/mol. The number of rotatable bonds is 4. The van der Waals surface area contributed by atoms with Crippen molar-refractivity contribution >= 4 is 17.3 Å². The van der Waals surface area contributed by atoms with E-state index in [1.54, 1.807) is 25.8 Å². The van der Waals surface area contributed by atoms with E-state index in [4.69, 9.17) is 5.11 Å². The van der Waals surface area contributed by atoms with Gasteiger partial charge in [0.05, 0.1) is 4.92 Å². The number of hydrogen-bond acceptors (Lipinski definition) is 4. The highest BCUT2D eigenvalue weighted by Gasteiger charge is 2.32. The first kappa shape index (κ1) is 13.0. The molecular formula is C11H14N2O4. The molecule has 1 N–H and O–H groups in total. The molecule has 0 amide bonds. The van der Waals surface area contributed by atoms with Crippen LogP contribution in [-0.4, -0.2) is 28.6 Å². The van der Waals surface area contributed by atoms with Gasteiger partial charge in [-0.05, 0) is 26.0 Å². The van der Waals surface area contributed by atoms with Gasteiger partial charge < -0.3 is 10.0 Å². The Morgan fingerprint density at radius 3 is 2.18 bits per heavy atom. The number of anilines is 1. The Morgan fingerprint density at radius 2 is 1.82 bits per heavy atom. The van der Waals surface area contributed by atoms with Crippen LogP contribution in [0.3, 0.4) is 0 Å². The highest BCUT2D eigenvalue weighted by Crippen LogP contribution is 2.24. The summed E-state index contributed by atoms with van der Waals surface area (Å²) >= 11 is 0. The Kier molecular flexibility index (Phi) is 3.36. The van der Waals surface area contributed by atoms with E-state index in [0.717, 1.165) is 0 Å². The normalized spacial score (nSPS) is 11.0. The van der Waals surface area contributed by atoms with Gasteiger partial charge in [-0.1, -0.05) is 0 Å². The number of hydrogen-bond donors (Lipinski definition) is 1. The molecule has 0 radical (unpaired) electrons. The monoisotopic (exact) mass is 238 g/mol. The summed E-state index contributed by atoms with van der Waals surface area (Å²) in [5.41, 5.74) is -0.478. The smallest absolute Gasteiger partial charge is 0.328 e. The molecule has 17 heavy (non-hydrogen) atoms. The van der Waals surface area contributed by atoms with Gasteiger partial charge in [-0.15, -0.1) is 0 Å². The molecule has 0 heterocycles.